The van der Waals surface area contributed by atoms with Crippen LogP contribution >= 0.6 is 0 Å². The molecule has 0 aromatic rings. The molecule has 0 saturated heterocycles. The molecule has 0 spiro atoms. The molecule has 0 aromatic carbocycles. The number of carbonyl (C=O) groups is 3. The van der Waals surface area contributed by atoms with E-state index in [1.165, 1.54) is 96.3 Å². The van der Waals surface area contributed by atoms with Crippen LogP contribution in [0.5, 0.6) is 0 Å². The number of hydrogen-bond acceptors (Lipinski definition) is 6. The van der Waals surface area contributed by atoms with Gasteiger partial charge in [0.05, 0.1) is 0 Å². The molecule has 0 N–H and O–H groups in total. The molecule has 0 amide bonds. The maximum absolute atomic E-state index is 12.8. The van der Waals surface area contributed by atoms with E-state index < -0.39 is 6.10 Å². The highest BCUT2D eigenvalue weighted by Crippen LogP contribution is 2.14. The highest BCUT2D eigenvalue weighted by Gasteiger charge is 2.19. The molecule has 6 nitrogen and oxygen atoms in total. The molecule has 0 aliphatic rings. The fraction of sp³-hybridized carbons (Fsp3) is 0.732. The molecular weight excluding hydrogens is 769 g/mol. The predicted octanol–water partition coefficient (Wildman–Crippen LogP) is 17.0. The Morgan fingerprint density at radius 3 is 1.00 bits per heavy atom. The largest absolute Gasteiger partial charge is 0.462 e. The second-order valence-electron chi connectivity index (χ2n) is 17.1. The van der Waals surface area contributed by atoms with Crippen LogP contribution in [0.1, 0.15) is 245 Å². The Balaban J connectivity index is 4.38. The molecule has 0 radical (unpaired) electrons. The van der Waals surface area contributed by atoms with E-state index in [0.29, 0.717) is 19.3 Å². The Hall–Kier alpha value is -3.15. The summed E-state index contributed by atoms with van der Waals surface area (Å²) >= 11 is 0. The number of unbranched alkanes of at least 4 members (excludes halogenated alkanes) is 23. The van der Waals surface area contributed by atoms with Crippen LogP contribution in [0.2, 0.25) is 0 Å². The third kappa shape index (κ3) is 47.9. The third-order valence-corrected chi connectivity index (χ3v) is 10.9. The Kier molecular flexibility index (Phi) is 47.9. The zero-order valence-electron chi connectivity index (χ0n) is 40.6. The summed E-state index contributed by atoms with van der Waals surface area (Å²) in [6.07, 6.45) is 63.1. The smallest absolute Gasteiger partial charge is 0.306 e. The normalized spacial score (nSPS) is 12.6. The maximum Gasteiger partial charge on any atom is 0.306 e. The Labute approximate surface area is 382 Å². The zero-order chi connectivity index (χ0) is 45.1. The van der Waals surface area contributed by atoms with Gasteiger partial charge in [-0.05, 0) is 89.9 Å². The first-order chi connectivity index (χ1) is 30.5. The second kappa shape index (κ2) is 50.5. The van der Waals surface area contributed by atoms with Gasteiger partial charge in [0.1, 0.15) is 13.2 Å². The SMILES string of the molecule is CC/C=C\C/C=C\C/C=C\C/C=C\CCCCCCC(=O)OC(COC(=O)CCCCCCCCC/C=C\C/C=C\CCCCCC)COC(=O)CCCCCCCCCCC. The van der Waals surface area contributed by atoms with Crippen molar-refractivity contribution in [3.8, 4) is 0 Å². The Morgan fingerprint density at radius 1 is 0.339 bits per heavy atom. The lowest BCUT2D eigenvalue weighted by molar-refractivity contribution is -0.167. The summed E-state index contributed by atoms with van der Waals surface area (Å²) in [7, 11) is 0. The molecule has 0 bridgehead atoms. The van der Waals surface area contributed by atoms with E-state index in [0.717, 1.165) is 109 Å². The molecule has 6 heteroatoms. The van der Waals surface area contributed by atoms with Gasteiger partial charge in [0, 0.05) is 19.3 Å². The monoisotopic (exact) mass is 865 g/mol. The van der Waals surface area contributed by atoms with Crippen LogP contribution in [0.25, 0.3) is 0 Å². The second-order valence-corrected chi connectivity index (χ2v) is 17.1. The lowest BCUT2D eigenvalue weighted by Crippen LogP contribution is -2.30. The fourth-order valence-electron chi connectivity index (χ4n) is 7.05. The van der Waals surface area contributed by atoms with Crippen molar-refractivity contribution in [3.05, 3.63) is 72.9 Å². The number of rotatable bonds is 46. The summed E-state index contributed by atoms with van der Waals surface area (Å²) in [6, 6.07) is 0. The van der Waals surface area contributed by atoms with Gasteiger partial charge < -0.3 is 14.2 Å². The van der Waals surface area contributed by atoms with Gasteiger partial charge in [-0.25, -0.2) is 0 Å². The number of allylic oxidation sites excluding steroid dienone is 12. The molecule has 0 saturated carbocycles. The average molecular weight is 865 g/mol. The summed E-state index contributed by atoms with van der Waals surface area (Å²) in [5.41, 5.74) is 0. The van der Waals surface area contributed by atoms with Gasteiger partial charge in [0.15, 0.2) is 6.10 Å². The van der Waals surface area contributed by atoms with Crippen LogP contribution in [-0.4, -0.2) is 37.2 Å². The van der Waals surface area contributed by atoms with Gasteiger partial charge in [0.25, 0.3) is 0 Å². The van der Waals surface area contributed by atoms with E-state index in [1.807, 2.05) is 0 Å². The van der Waals surface area contributed by atoms with Crippen molar-refractivity contribution >= 4 is 17.9 Å². The standard InChI is InChI=1S/C56H96O6/c1-4-7-10-13-16-19-21-23-25-27-29-30-32-34-37-40-43-46-49-55(58)61-52-53(51-60-54(57)48-45-42-39-36-18-15-12-9-6-3)62-56(59)50-47-44-41-38-35-33-31-28-26-24-22-20-17-14-11-8-5-2/h8,11,17,19-21,24-27,31,33,53H,4-7,9-10,12-16,18,22-23,28-30,32,34-52H2,1-3H3/b11-8-,20-17-,21-19-,26-24-,27-25-,33-31-. The molecule has 0 aliphatic heterocycles. The number of ether oxygens (including phenoxy) is 3. The topological polar surface area (TPSA) is 78.9 Å². The highest BCUT2D eigenvalue weighted by atomic mass is 16.6. The van der Waals surface area contributed by atoms with Gasteiger partial charge >= 0.3 is 17.9 Å². The minimum atomic E-state index is -0.789. The molecular formula is C56H96O6. The number of hydrogen-bond donors (Lipinski definition) is 0. The molecule has 0 aliphatic carbocycles. The van der Waals surface area contributed by atoms with Crippen LogP contribution in [0.3, 0.4) is 0 Å². The van der Waals surface area contributed by atoms with Crippen LogP contribution in [0.4, 0.5) is 0 Å². The number of carbonyl (C=O) groups excluding carboxylic acids is 3. The quantitative estimate of drug-likeness (QED) is 0.0262. The molecule has 1 unspecified atom stereocenters. The summed E-state index contributed by atoms with van der Waals surface area (Å²) in [5, 5.41) is 0. The van der Waals surface area contributed by atoms with Crippen molar-refractivity contribution in [2.75, 3.05) is 13.2 Å². The molecule has 1 atom stereocenters. The summed E-state index contributed by atoms with van der Waals surface area (Å²) in [4.78, 5) is 37.9. The van der Waals surface area contributed by atoms with E-state index in [1.54, 1.807) is 0 Å². The lowest BCUT2D eigenvalue weighted by Gasteiger charge is -2.18. The molecule has 356 valence electrons. The van der Waals surface area contributed by atoms with E-state index in [-0.39, 0.29) is 31.1 Å². The minimum absolute atomic E-state index is 0.0871. The molecule has 62 heavy (non-hydrogen) atoms. The summed E-state index contributed by atoms with van der Waals surface area (Å²) in [6.45, 7) is 6.46. The minimum Gasteiger partial charge on any atom is -0.462 e. The van der Waals surface area contributed by atoms with Crippen molar-refractivity contribution in [1.82, 2.24) is 0 Å². The first-order valence-corrected chi connectivity index (χ1v) is 25.9. The van der Waals surface area contributed by atoms with Crippen LogP contribution in [0, 0.1) is 0 Å². The predicted molar refractivity (Wildman–Crippen MR) is 265 cm³/mol. The van der Waals surface area contributed by atoms with Gasteiger partial charge in [-0.1, -0.05) is 209 Å². The summed E-state index contributed by atoms with van der Waals surface area (Å²) in [5.74, 6) is -0.920. The van der Waals surface area contributed by atoms with Crippen molar-refractivity contribution in [3.63, 3.8) is 0 Å². The first kappa shape index (κ1) is 58.9. The van der Waals surface area contributed by atoms with Crippen molar-refractivity contribution in [2.45, 2.75) is 252 Å². The van der Waals surface area contributed by atoms with Gasteiger partial charge in [0.2, 0.25) is 0 Å². The van der Waals surface area contributed by atoms with Crippen LogP contribution < -0.4 is 0 Å². The van der Waals surface area contributed by atoms with E-state index in [4.69, 9.17) is 14.2 Å². The van der Waals surface area contributed by atoms with Gasteiger partial charge in [-0.3, -0.25) is 14.4 Å². The van der Waals surface area contributed by atoms with Crippen molar-refractivity contribution < 1.29 is 28.6 Å². The van der Waals surface area contributed by atoms with Crippen molar-refractivity contribution in [1.29, 1.82) is 0 Å². The molecule has 0 aromatic heterocycles. The van der Waals surface area contributed by atoms with Crippen molar-refractivity contribution in [2.24, 2.45) is 0 Å². The zero-order valence-corrected chi connectivity index (χ0v) is 40.6. The highest BCUT2D eigenvalue weighted by molar-refractivity contribution is 5.71. The van der Waals surface area contributed by atoms with E-state index >= 15 is 0 Å². The first-order valence-electron chi connectivity index (χ1n) is 25.9. The van der Waals surface area contributed by atoms with Crippen LogP contribution in [-0.2, 0) is 28.6 Å². The lowest BCUT2D eigenvalue weighted by atomic mass is 10.1. The molecule has 0 heterocycles. The Morgan fingerprint density at radius 2 is 0.629 bits per heavy atom. The molecule has 0 rings (SSSR count). The number of esters is 3. The van der Waals surface area contributed by atoms with Crippen LogP contribution in [0.15, 0.2) is 72.9 Å². The van der Waals surface area contributed by atoms with Gasteiger partial charge in [-0.15, -0.1) is 0 Å². The maximum atomic E-state index is 12.8. The average Bonchev–Trinajstić information content (AvgIpc) is 3.27. The third-order valence-electron chi connectivity index (χ3n) is 10.9. The van der Waals surface area contributed by atoms with E-state index in [9.17, 15) is 14.4 Å². The fourth-order valence-corrected chi connectivity index (χ4v) is 7.05. The summed E-state index contributed by atoms with van der Waals surface area (Å²) < 4.78 is 16.7. The van der Waals surface area contributed by atoms with E-state index in [2.05, 4.69) is 93.7 Å². The van der Waals surface area contributed by atoms with Gasteiger partial charge in [-0.2, -0.15) is 0 Å². The molecule has 0 fully saturated rings. The Bertz CT molecular complexity index is 1180.